The maximum atomic E-state index is 5.79. The lowest BCUT2D eigenvalue weighted by molar-refractivity contribution is 0.303. The first-order valence-corrected chi connectivity index (χ1v) is 7.75. The number of nitrogens with zero attached hydrogens (tertiary/aromatic N) is 1. The number of rotatable bonds is 5. The van der Waals surface area contributed by atoms with Gasteiger partial charge >= 0.3 is 0 Å². The van der Waals surface area contributed by atoms with Crippen LogP contribution in [0.3, 0.4) is 0 Å². The smallest absolute Gasteiger partial charge is 0.140 e. The van der Waals surface area contributed by atoms with Crippen molar-refractivity contribution < 1.29 is 4.74 Å². The Bertz CT molecular complexity index is 549. The van der Waals surface area contributed by atoms with Gasteiger partial charge in [-0.1, -0.05) is 6.07 Å². The van der Waals surface area contributed by atoms with Crippen LogP contribution < -0.4 is 10.5 Å². The van der Waals surface area contributed by atoms with Crippen molar-refractivity contribution in [2.75, 3.05) is 6.54 Å². The molecular formula is C14H17BrN2OS. The Morgan fingerprint density at radius 1 is 1.37 bits per heavy atom. The number of aromatic nitrogens is 1. The average Bonchev–Trinajstić information content (AvgIpc) is 2.68. The molecule has 1 aromatic heterocycles. The molecule has 5 heteroatoms. The van der Waals surface area contributed by atoms with Crippen LogP contribution in [0.5, 0.6) is 5.75 Å². The molecule has 19 heavy (non-hydrogen) atoms. The van der Waals surface area contributed by atoms with Gasteiger partial charge in [-0.2, -0.15) is 0 Å². The monoisotopic (exact) mass is 340 g/mol. The number of hydrogen-bond donors (Lipinski definition) is 1. The molecule has 0 unspecified atom stereocenters. The summed E-state index contributed by atoms with van der Waals surface area (Å²) in [6.07, 6.45) is 0.879. The summed E-state index contributed by atoms with van der Waals surface area (Å²) in [5.74, 6) is 0.839. The van der Waals surface area contributed by atoms with Crippen LogP contribution in [0, 0.1) is 13.8 Å². The molecule has 102 valence electrons. The lowest BCUT2D eigenvalue weighted by Gasteiger charge is -2.08. The molecule has 0 atom stereocenters. The average molecular weight is 341 g/mol. The van der Waals surface area contributed by atoms with Gasteiger partial charge in [-0.15, -0.1) is 11.3 Å². The van der Waals surface area contributed by atoms with Crippen molar-refractivity contribution >= 4 is 27.3 Å². The van der Waals surface area contributed by atoms with Gasteiger partial charge in [0.05, 0.1) is 10.2 Å². The molecule has 0 saturated heterocycles. The number of hydrogen-bond acceptors (Lipinski definition) is 4. The van der Waals surface area contributed by atoms with E-state index < -0.39 is 0 Å². The lowest BCUT2D eigenvalue weighted by atomic mass is 10.1. The Balaban J connectivity index is 2.03. The van der Waals surface area contributed by atoms with Crippen molar-refractivity contribution in [3.63, 3.8) is 0 Å². The van der Waals surface area contributed by atoms with Crippen molar-refractivity contribution in [2.24, 2.45) is 5.73 Å². The van der Waals surface area contributed by atoms with Crippen LogP contribution >= 0.6 is 27.3 Å². The largest absolute Gasteiger partial charge is 0.485 e. The van der Waals surface area contributed by atoms with E-state index >= 15 is 0 Å². The molecule has 0 radical (unpaired) electrons. The van der Waals surface area contributed by atoms with Crippen LogP contribution in [-0.2, 0) is 13.0 Å². The number of benzene rings is 1. The van der Waals surface area contributed by atoms with E-state index in [4.69, 9.17) is 10.5 Å². The summed E-state index contributed by atoms with van der Waals surface area (Å²) in [4.78, 5) is 5.71. The summed E-state index contributed by atoms with van der Waals surface area (Å²) >= 11 is 5.21. The van der Waals surface area contributed by atoms with E-state index in [1.807, 2.05) is 19.1 Å². The summed E-state index contributed by atoms with van der Waals surface area (Å²) in [6.45, 7) is 5.26. The molecule has 0 spiro atoms. The molecule has 3 nitrogen and oxygen atoms in total. The SMILES string of the molecule is Cc1nc(COc2ccc(CCN)cc2Br)sc1C. The highest BCUT2D eigenvalue weighted by atomic mass is 79.9. The van der Waals surface area contributed by atoms with Crippen molar-refractivity contribution in [3.8, 4) is 5.75 Å². The lowest BCUT2D eigenvalue weighted by Crippen LogP contribution is -2.03. The molecule has 0 bridgehead atoms. The first kappa shape index (κ1) is 14.5. The van der Waals surface area contributed by atoms with Crippen molar-refractivity contribution in [1.82, 2.24) is 4.98 Å². The molecule has 0 aliphatic heterocycles. The number of nitrogens with two attached hydrogens (primary N) is 1. The fourth-order valence-electron chi connectivity index (χ4n) is 1.72. The first-order chi connectivity index (χ1) is 9.10. The number of ether oxygens (including phenoxy) is 1. The Morgan fingerprint density at radius 3 is 2.74 bits per heavy atom. The molecule has 2 N–H and O–H groups in total. The minimum atomic E-state index is 0.508. The van der Waals surface area contributed by atoms with Gasteiger partial charge in [0, 0.05) is 4.88 Å². The van der Waals surface area contributed by atoms with Gasteiger partial charge in [0.1, 0.15) is 17.4 Å². The van der Waals surface area contributed by atoms with E-state index in [0.717, 1.165) is 27.3 Å². The molecular weight excluding hydrogens is 324 g/mol. The molecule has 0 aliphatic rings. The van der Waals surface area contributed by atoms with Crippen LogP contribution in [0.25, 0.3) is 0 Å². The molecule has 0 saturated carbocycles. The van der Waals surface area contributed by atoms with Gasteiger partial charge in [0.25, 0.3) is 0 Å². The standard InChI is InChI=1S/C14H17BrN2OS/c1-9-10(2)19-14(17-9)8-18-13-4-3-11(5-6-16)7-12(13)15/h3-4,7H,5-6,8,16H2,1-2H3. The predicted molar refractivity (Wildman–Crippen MR) is 82.8 cm³/mol. The highest BCUT2D eigenvalue weighted by Crippen LogP contribution is 2.27. The molecule has 0 amide bonds. The molecule has 0 fully saturated rings. The number of aryl methyl sites for hydroxylation is 2. The fourth-order valence-corrected chi connectivity index (χ4v) is 3.11. The maximum absolute atomic E-state index is 5.79. The highest BCUT2D eigenvalue weighted by molar-refractivity contribution is 9.10. The molecule has 1 aromatic carbocycles. The Kier molecular flexibility index (Phi) is 4.96. The van der Waals surface area contributed by atoms with Crippen LogP contribution in [-0.4, -0.2) is 11.5 Å². The van der Waals surface area contributed by atoms with E-state index in [0.29, 0.717) is 13.2 Å². The highest BCUT2D eigenvalue weighted by Gasteiger charge is 2.07. The minimum Gasteiger partial charge on any atom is -0.485 e. The summed E-state index contributed by atoms with van der Waals surface area (Å²) < 4.78 is 6.76. The van der Waals surface area contributed by atoms with Crippen LogP contribution in [0.2, 0.25) is 0 Å². The van der Waals surface area contributed by atoms with Gasteiger partial charge in [0.2, 0.25) is 0 Å². The second-order valence-corrected chi connectivity index (χ2v) is 6.48. The maximum Gasteiger partial charge on any atom is 0.140 e. The summed E-state index contributed by atoms with van der Waals surface area (Å²) in [5, 5.41) is 1.01. The Morgan fingerprint density at radius 2 is 2.16 bits per heavy atom. The van der Waals surface area contributed by atoms with Crippen LogP contribution in [0.1, 0.15) is 21.1 Å². The van der Waals surface area contributed by atoms with Crippen molar-refractivity contribution in [1.29, 1.82) is 0 Å². The number of thiazole rings is 1. The van der Waals surface area contributed by atoms with Gasteiger partial charge in [0.15, 0.2) is 0 Å². The normalized spacial score (nSPS) is 10.7. The third kappa shape index (κ3) is 3.78. The van der Waals surface area contributed by atoms with E-state index in [1.165, 1.54) is 10.4 Å². The van der Waals surface area contributed by atoms with Gasteiger partial charge < -0.3 is 10.5 Å². The second-order valence-electron chi connectivity index (χ2n) is 4.34. The zero-order valence-corrected chi connectivity index (χ0v) is 13.5. The van der Waals surface area contributed by atoms with Gasteiger partial charge in [-0.05, 0) is 60.4 Å². The Hall–Kier alpha value is -0.910. The molecule has 0 aliphatic carbocycles. The predicted octanol–water partition coefficient (Wildman–Crippen LogP) is 3.60. The van der Waals surface area contributed by atoms with Crippen molar-refractivity contribution in [2.45, 2.75) is 26.9 Å². The summed E-state index contributed by atoms with van der Waals surface area (Å²) in [6, 6.07) is 6.08. The summed E-state index contributed by atoms with van der Waals surface area (Å²) in [7, 11) is 0. The van der Waals surface area contributed by atoms with Crippen LogP contribution in [0.15, 0.2) is 22.7 Å². The Labute approximate surface area is 125 Å². The van der Waals surface area contributed by atoms with Gasteiger partial charge in [-0.25, -0.2) is 4.98 Å². The van der Waals surface area contributed by atoms with E-state index in [9.17, 15) is 0 Å². The third-order valence-corrected chi connectivity index (χ3v) is 4.52. The van der Waals surface area contributed by atoms with E-state index in [2.05, 4.69) is 33.9 Å². The number of halogens is 1. The molecule has 2 aromatic rings. The summed E-state index contributed by atoms with van der Waals surface area (Å²) in [5.41, 5.74) is 7.84. The van der Waals surface area contributed by atoms with Gasteiger partial charge in [-0.3, -0.25) is 0 Å². The van der Waals surface area contributed by atoms with Crippen molar-refractivity contribution in [3.05, 3.63) is 43.8 Å². The molecule has 1 heterocycles. The molecule has 2 rings (SSSR count). The quantitative estimate of drug-likeness (QED) is 0.904. The van der Waals surface area contributed by atoms with E-state index in [-0.39, 0.29) is 0 Å². The van der Waals surface area contributed by atoms with E-state index in [1.54, 1.807) is 11.3 Å². The zero-order chi connectivity index (χ0) is 13.8. The zero-order valence-electron chi connectivity index (χ0n) is 11.1. The fraction of sp³-hybridized carbons (Fsp3) is 0.357. The third-order valence-electron chi connectivity index (χ3n) is 2.85. The minimum absolute atomic E-state index is 0.508. The van der Waals surface area contributed by atoms with Crippen LogP contribution in [0.4, 0.5) is 0 Å². The first-order valence-electron chi connectivity index (χ1n) is 6.14. The second kappa shape index (κ2) is 6.50. The topological polar surface area (TPSA) is 48.1 Å².